The zero-order chi connectivity index (χ0) is 11.8. The molecule has 5 heteroatoms. The normalized spacial score (nSPS) is 34.0. The van der Waals surface area contributed by atoms with E-state index in [4.69, 9.17) is 5.73 Å². The standard InChI is InChI=1S/C11H22N2O2S/c1-11(9-12)3-5-13(6-4-11)10-2-7-16(14,15)8-10/h10H,2-9,12H2,1H3. The van der Waals surface area contributed by atoms with E-state index in [1.807, 2.05) is 0 Å². The van der Waals surface area contributed by atoms with Gasteiger partial charge in [0.15, 0.2) is 9.84 Å². The van der Waals surface area contributed by atoms with E-state index in [0.29, 0.717) is 11.5 Å². The van der Waals surface area contributed by atoms with Crippen LogP contribution in [-0.2, 0) is 9.84 Å². The first kappa shape index (κ1) is 12.3. The van der Waals surface area contributed by atoms with E-state index in [9.17, 15) is 8.42 Å². The molecule has 0 spiro atoms. The summed E-state index contributed by atoms with van der Waals surface area (Å²) in [6.07, 6.45) is 3.02. The fraction of sp³-hybridized carbons (Fsp3) is 1.00. The number of hydrogen-bond acceptors (Lipinski definition) is 4. The largest absolute Gasteiger partial charge is 0.330 e. The van der Waals surface area contributed by atoms with E-state index < -0.39 is 9.84 Å². The molecular weight excluding hydrogens is 224 g/mol. The fourth-order valence-electron chi connectivity index (χ4n) is 2.70. The molecule has 2 heterocycles. The second-order valence-corrected chi connectivity index (χ2v) is 7.84. The maximum Gasteiger partial charge on any atom is 0.151 e. The van der Waals surface area contributed by atoms with Crippen molar-refractivity contribution in [2.75, 3.05) is 31.1 Å². The number of piperidine rings is 1. The van der Waals surface area contributed by atoms with Crippen molar-refractivity contribution in [3.05, 3.63) is 0 Å². The lowest BCUT2D eigenvalue weighted by molar-refractivity contribution is 0.0964. The van der Waals surface area contributed by atoms with E-state index in [1.54, 1.807) is 0 Å². The predicted octanol–water partition coefficient (Wildman–Crippen LogP) is 0.234. The van der Waals surface area contributed by atoms with Gasteiger partial charge < -0.3 is 5.73 Å². The highest BCUT2D eigenvalue weighted by Crippen LogP contribution is 2.32. The van der Waals surface area contributed by atoms with Gasteiger partial charge in [-0.05, 0) is 44.3 Å². The molecule has 2 saturated heterocycles. The lowest BCUT2D eigenvalue weighted by Crippen LogP contribution is -2.47. The fourth-order valence-corrected chi connectivity index (χ4v) is 4.46. The SMILES string of the molecule is CC1(CN)CCN(C2CCS(=O)(=O)C2)CC1. The number of likely N-dealkylation sites (tertiary alicyclic amines) is 1. The van der Waals surface area contributed by atoms with Crippen LogP contribution in [0.2, 0.25) is 0 Å². The van der Waals surface area contributed by atoms with E-state index in [1.165, 1.54) is 0 Å². The van der Waals surface area contributed by atoms with Crippen molar-refractivity contribution in [1.82, 2.24) is 4.90 Å². The topological polar surface area (TPSA) is 63.4 Å². The molecule has 0 aromatic heterocycles. The van der Waals surface area contributed by atoms with Gasteiger partial charge in [-0.15, -0.1) is 0 Å². The molecule has 0 bridgehead atoms. The van der Waals surface area contributed by atoms with Crippen LogP contribution < -0.4 is 5.73 Å². The summed E-state index contributed by atoms with van der Waals surface area (Å²) in [5.41, 5.74) is 6.04. The van der Waals surface area contributed by atoms with Crippen LogP contribution in [0.25, 0.3) is 0 Å². The number of sulfone groups is 1. The van der Waals surface area contributed by atoms with Gasteiger partial charge in [0.1, 0.15) is 0 Å². The van der Waals surface area contributed by atoms with Gasteiger partial charge in [0.05, 0.1) is 11.5 Å². The van der Waals surface area contributed by atoms with Gasteiger partial charge >= 0.3 is 0 Å². The van der Waals surface area contributed by atoms with Gasteiger partial charge in [-0.2, -0.15) is 0 Å². The quantitative estimate of drug-likeness (QED) is 0.758. The molecule has 4 nitrogen and oxygen atoms in total. The molecular formula is C11H22N2O2S. The summed E-state index contributed by atoms with van der Waals surface area (Å²) in [5, 5.41) is 0. The highest BCUT2D eigenvalue weighted by molar-refractivity contribution is 7.91. The summed E-state index contributed by atoms with van der Waals surface area (Å²) in [7, 11) is -2.75. The Labute approximate surface area is 98.1 Å². The molecule has 0 aliphatic carbocycles. The van der Waals surface area contributed by atoms with Crippen LogP contribution in [0, 0.1) is 5.41 Å². The minimum Gasteiger partial charge on any atom is -0.330 e. The summed E-state index contributed by atoms with van der Waals surface area (Å²) < 4.78 is 22.8. The van der Waals surface area contributed by atoms with Crippen molar-refractivity contribution in [3.8, 4) is 0 Å². The van der Waals surface area contributed by atoms with E-state index in [-0.39, 0.29) is 11.5 Å². The molecule has 2 aliphatic rings. The van der Waals surface area contributed by atoms with Crippen molar-refractivity contribution in [2.45, 2.75) is 32.2 Å². The minimum absolute atomic E-state index is 0.271. The zero-order valence-electron chi connectivity index (χ0n) is 9.98. The van der Waals surface area contributed by atoms with E-state index in [2.05, 4.69) is 11.8 Å². The van der Waals surface area contributed by atoms with E-state index in [0.717, 1.165) is 38.9 Å². The molecule has 0 saturated carbocycles. The highest BCUT2D eigenvalue weighted by atomic mass is 32.2. The van der Waals surface area contributed by atoms with Crippen LogP contribution in [0.3, 0.4) is 0 Å². The Balaban J connectivity index is 1.91. The average Bonchev–Trinajstić information content (AvgIpc) is 2.60. The number of rotatable bonds is 2. The number of nitrogens with zero attached hydrogens (tertiary/aromatic N) is 1. The smallest absolute Gasteiger partial charge is 0.151 e. The van der Waals surface area contributed by atoms with Crippen LogP contribution in [0.15, 0.2) is 0 Å². The molecule has 94 valence electrons. The molecule has 0 aromatic rings. The first-order valence-electron chi connectivity index (χ1n) is 6.09. The Morgan fingerprint density at radius 2 is 2.00 bits per heavy atom. The summed E-state index contributed by atoms with van der Waals surface area (Å²) in [4.78, 5) is 2.35. The summed E-state index contributed by atoms with van der Waals surface area (Å²) in [5.74, 6) is 0.745. The van der Waals surface area contributed by atoms with Crippen LogP contribution in [-0.4, -0.2) is 50.5 Å². The number of hydrogen-bond donors (Lipinski definition) is 1. The van der Waals surface area contributed by atoms with Gasteiger partial charge in [-0.1, -0.05) is 6.92 Å². The van der Waals surface area contributed by atoms with Gasteiger partial charge in [0.25, 0.3) is 0 Å². The molecule has 1 unspecified atom stereocenters. The molecule has 0 amide bonds. The molecule has 0 radical (unpaired) electrons. The van der Waals surface area contributed by atoms with Crippen LogP contribution in [0.5, 0.6) is 0 Å². The molecule has 2 aliphatic heterocycles. The number of nitrogens with two attached hydrogens (primary N) is 1. The Morgan fingerprint density at radius 1 is 1.38 bits per heavy atom. The maximum atomic E-state index is 11.4. The Hall–Kier alpha value is -0.130. The Kier molecular flexibility index (Phi) is 3.29. The molecule has 2 N–H and O–H groups in total. The van der Waals surface area contributed by atoms with Crippen LogP contribution in [0.1, 0.15) is 26.2 Å². The van der Waals surface area contributed by atoms with Gasteiger partial charge in [-0.3, -0.25) is 4.90 Å². The zero-order valence-corrected chi connectivity index (χ0v) is 10.8. The summed E-state index contributed by atoms with van der Waals surface area (Å²) >= 11 is 0. The maximum absolute atomic E-state index is 11.4. The van der Waals surface area contributed by atoms with E-state index >= 15 is 0 Å². The van der Waals surface area contributed by atoms with Crippen LogP contribution in [0.4, 0.5) is 0 Å². The Morgan fingerprint density at radius 3 is 2.44 bits per heavy atom. The molecule has 1 atom stereocenters. The molecule has 2 rings (SSSR count). The Bertz CT molecular complexity index is 345. The van der Waals surface area contributed by atoms with Gasteiger partial charge in [-0.25, -0.2) is 8.42 Å². The van der Waals surface area contributed by atoms with Crippen molar-refractivity contribution < 1.29 is 8.42 Å². The van der Waals surface area contributed by atoms with Crippen molar-refractivity contribution in [2.24, 2.45) is 11.1 Å². The third-order valence-corrected chi connectivity index (χ3v) is 5.97. The monoisotopic (exact) mass is 246 g/mol. The average molecular weight is 246 g/mol. The first-order valence-corrected chi connectivity index (χ1v) is 7.91. The minimum atomic E-state index is -2.75. The lowest BCUT2D eigenvalue weighted by Gasteiger charge is -2.41. The van der Waals surface area contributed by atoms with Crippen molar-refractivity contribution >= 4 is 9.84 Å². The van der Waals surface area contributed by atoms with Gasteiger partial charge in [0, 0.05) is 6.04 Å². The highest BCUT2D eigenvalue weighted by Gasteiger charge is 2.36. The third kappa shape index (κ3) is 2.57. The summed E-state index contributed by atoms with van der Waals surface area (Å²) in [6, 6.07) is 0.271. The first-order chi connectivity index (χ1) is 7.44. The predicted molar refractivity (Wildman–Crippen MR) is 65.0 cm³/mol. The van der Waals surface area contributed by atoms with Crippen molar-refractivity contribution in [1.29, 1.82) is 0 Å². The van der Waals surface area contributed by atoms with Crippen LogP contribution >= 0.6 is 0 Å². The van der Waals surface area contributed by atoms with Gasteiger partial charge in [0.2, 0.25) is 0 Å². The lowest BCUT2D eigenvalue weighted by atomic mass is 9.80. The molecule has 2 fully saturated rings. The molecule has 0 aromatic carbocycles. The molecule has 16 heavy (non-hydrogen) atoms. The van der Waals surface area contributed by atoms with Crippen molar-refractivity contribution in [3.63, 3.8) is 0 Å². The summed E-state index contributed by atoms with van der Waals surface area (Å²) in [6.45, 7) is 4.99. The second-order valence-electron chi connectivity index (χ2n) is 5.61. The second kappa shape index (κ2) is 4.27. The third-order valence-electron chi connectivity index (χ3n) is 4.22.